The summed E-state index contributed by atoms with van der Waals surface area (Å²) in [6.45, 7) is 2.46. The van der Waals surface area contributed by atoms with Crippen LogP contribution in [0.1, 0.15) is 17.2 Å². The quantitative estimate of drug-likeness (QED) is 0.876. The van der Waals surface area contributed by atoms with Gasteiger partial charge in [-0.1, -0.05) is 41.4 Å². The Morgan fingerprint density at radius 1 is 1.16 bits per heavy atom. The van der Waals surface area contributed by atoms with Crippen LogP contribution in [0.2, 0.25) is 10.0 Å². The molecule has 0 aliphatic heterocycles. The summed E-state index contributed by atoms with van der Waals surface area (Å²) in [4.78, 5) is 0. The molecule has 2 aromatic rings. The summed E-state index contributed by atoms with van der Waals surface area (Å²) in [5.74, 6) is 0. The fourth-order valence-corrected chi connectivity index (χ4v) is 2.26. The molecule has 0 saturated heterocycles. The zero-order chi connectivity index (χ0) is 13.8. The second kappa shape index (κ2) is 6.29. The van der Waals surface area contributed by atoms with Crippen molar-refractivity contribution in [2.75, 3.05) is 11.9 Å². The molecule has 100 valence electrons. The number of aryl methyl sites for hydroxylation is 1. The summed E-state index contributed by atoms with van der Waals surface area (Å²) >= 11 is 12.1. The molecule has 4 heteroatoms. The van der Waals surface area contributed by atoms with E-state index in [-0.39, 0.29) is 6.04 Å². The molecule has 0 heterocycles. The van der Waals surface area contributed by atoms with Crippen LogP contribution in [0, 0.1) is 6.92 Å². The van der Waals surface area contributed by atoms with Crippen molar-refractivity contribution in [2.24, 2.45) is 5.73 Å². The van der Waals surface area contributed by atoms with Gasteiger partial charge in [-0.2, -0.15) is 0 Å². The summed E-state index contributed by atoms with van der Waals surface area (Å²) in [7, 11) is 0. The van der Waals surface area contributed by atoms with Crippen LogP contribution in [0.15, 0.2) is 42.5 Å². The average molecular weight is 295 g/mol. The molecule has 0 radical (unpaired) electrons. The summed E-state index contributed by atoms with van der Waals surface area (Å²) in [6.07, 6.45) is 0. The van der Waals surface area contributed by atoms with Crippen LogP contribution in [0.4, 0.5) is 5.69 Å². The van der Waals surface area contributed by atoms with E-state index < -0.39 is 0 Å². The van der Waals surface area contributed by atoms with Gasteiger partial charge >= 0.3 is 0 Å². The second-order valence-electron chi connectivity index (χ2n) is 4.45. The van der Waals surface area contributed by atoms with Gasteiger partial charge in [0.2, 0.25) is 0 Å². The summed E-state index contributed by atoms with van der Waals surface area (Å²) in [6, 6.07) is 13.6. The lowest BCUT2D eigenvalue weighted by atomic mass is 10.0. The molecule has 19 heavy (non-hydrogen) atoms. The van der Waals surface area contributed by atoms with Gasteiger partial charge in [0.1, 0.15) is 0 Å². The fourth-order valence-electron chi connectivity index (χ4n) is 1.88. The highest BCUT2D eigenvalue weighted by molar-refractivity contribution is 6.31. The highest BCUT2D eigenvalue weighted by Crippen LogP contribution is 2.25. The fraction of sp³-hybridized carbons (Fsp3) is 0.200. The first-order valence-electron chi connectivity index (χ1n) is 6.08. The van der Waals surface area contributed by atoms with Crippen molar-refractivity contribution in [2.45, 2.75) is 13.0 Å². The number of nitrogens with two attached hydrogens (primary N) is 1. The van der Waals surface area contributed by atoms with Crippen molar-refractivity contribution >= 4 is 28.9 Å². The molecule has 0 spiro atoms. The molecule has 0 aromatic heterocycles. The lowest BCUT2D eigenvalue weighted by Crippen LogP contribution is -2.20. The maximum atomic E-state index is 6.15. The van der Waals surface area contributed by atoms with E-state index in [1.165, 1.54) is 0 Å². The molecule has 2 nitrogen and oxygen atoms in total. The van der Waals surface area contributed by atoms with Crippen LogP contribution in [0.25, 0.3) is 0 Å². The molecule has 2 aromatic carbocycles. The molecule has 0 amide bonds. The Kier molecular flexibility index (Phi) is 4.70. The largest absolute Gasteiger partial charge is 0.377 e. The number of nitrogens with one attached hydrogen (secondary N) is 1. The van der Waals surface area contributed by atoms with E-state index in [1.54, 1.807) is 0 Å². The van der Waals surface area contributed by atoms with Crippen LogP contribution in [-0.2, 0) is 0 Å². The van der Waals surface area contributed by atoms with Crippen LogP contribution >= 0.6 is 23.2 Å². The van der Waals surface area contributed by atoms with Gasteiger partial charge < -0.3 is 11.1 Å². The Morgan fingerprint density at radius 3 is 2.58 bits per heavy atom. The zero-order valence-electron chi connectivity index (χ0n) is 10.7. The van der Waals surface area contributed by atoms with Crippen LogP contribution in [0.5, 0.6) is 0 Å². The van der Waals surface area contributed by atoms with Crippen molar-refractivity contribution in [1.82, 2.24) is 0 Å². The van der Waals surface area contributed by atoms with Crippen molar-refractivity contribution in [3.63, 3.8) is 0 Å². The van der Waals surface area contributed by atoms with E-state index in [2.05, 4.69) is 5.32 Å². The predicted octanol–water partition coefficient (Wildman–Crippen LogP) is 4.41. The number of rotatable bonds is 4. The molecule has 0 aliphatic carbocycles. The number of hydrogen-bond donors (Lipinski definition) is 2. The second-order valence-corrected chi connectivity index (χ2v) is 5.30. The molecule has 0 fully saturated rings. The average Bonchev–Trinajstić information content (AvgIpc) is 2.39. The number of halogens is 2. The number of benzene rings is 2. The molecule has 1 atom stereocenters. The highest BCUT2D eigenvalue weighted by Gasteiger charge is 2.10. The zero-order valence-corrected chi connectivity index (χ0v) is 12.2. The minimum absolute atomic E-state index is 0.0107. The van der Waals surface area contributed by atoms with Gasteiger partial charge in [0.25, 0.3) is 0 Å². The molecule has 0 aliphatic rings. The first kappa shape index (κ1) is 14.2. The lowest BCUT2D eigenvalue weighted by Gasteiger charge is -2.19. The molecule has 1 unspecified atom stereocenters. The molecule has 3 N–H and O–H groups in total. The maximum Gasteiger partial charge on any atom is 0.0636 e. The Balaban J connectivity index is 2.22. The van der Waals surface area contributed by atoms with E-state index in [0.717, 1.165) is 21.8 Å². The van der Waals surface area contributed by atoms with Gasteiger partial charge in [0.05, 0.1) is 6.04 Å². The molecule has 0 bridgehead atoms. The smallest absolute Gasteiger partial charge is 0.0636 e. The highest BCUT2D eigenvalue weighted by atomic mass is 35.5. The van der Waals surface area contributed by atoms with E-state index in [4.69, 9.17) is 28.9 Å². The van der Waals surface area contributed by atoms with E-state index in [9.17, 15) is 0 Å². The van der Waals surface area contributed by atoms with Crippen LogP contribution in [-0.4, -0.2) is 6.54 Å². The number of anilines is 1. The van der Waals surface area contributed by atoms with Crippen molar-refractivity contribution in [3.8, 4) is 0 Å². The van der Waals surface area contributed by atoms with Crippen molar-refractivity contribution in [1.29, 1.82) is 0 Å². The molecular weight excluding hydrogens is 279 g/mol. The monoisotopic (exact) mass is 294 g/mol. The first-order chi connectivity index (χ1) is 9.10. The third kappa shape index (κ3) is 3.63. The van der Waals surface area contributed by atoms with E-state index in [1.807, 2.05) is 49.4 Å². The van der Waals surface area contributed by atoms with Crippen molar-refractivity contribution < 1.29 is 0 Å². The Bertz CT molecular complexity index is 570. The Labute approximate surface area is 123 Å². The molecule has 0 saturated carbocycles. The van der Waals surface area contributed by atoms with Gasteiger partial charge in [-0.25, -0.2) is 0 Å². The molecule has 2 rings (SSSR count). The normalized spacial score (nSPS) is 12.2. The summed E-state index contributed by atoms with van der Waals surface area (Å²) in [5.41, 5.74) is 8.91. The van der Waals surface area contributed by atoms with E-state index in [0.29, 0.717) is 11.6 Å². The third-order valence-corrected chi connectivity index (χ3v) is 3.64. The van der Waals surface area contributed by atoms with Gasteiger partial charge in [-0.05, 0) is 42.3 Å². The van der Waals surface area contributed by atoms with E-state index >= 15 is 0 Å². The summed E-state index contributed by atoms with van der Waals surface area (Å²) in [5, 5.41) is 4.81. The minimum Gasteiger partial charge on any atom is -0.377 e. The SMILES string of the molecule is Cc1ccc(C(CN)Nc2cccc(Cl)c2)cc1Cl. The lowest BCUT2D eigenvalue weighted by molar-refractivity contribution is 0.790. The van der Waals surface area contributed by atoms with Crippen LogP contribution < -0.4 is 11.1 Å². The van der Waals surface area contributed by atoms with Crippen molar-refractivity contribution in [3.05, 3.63) is 63.6 Å². The first-order valence-corrected chi connectivity index (χ1v) is 6.84. The topological polar surface area (TPSA) is 38.0 Å². The van der Waals surface area contributed by atoms with Gasteiger partial charge in [-0.3, -0.25) is 0 Å². The van der Waals surface area contributed by atoms with Crippen LogP contribution in [0.3, 0.4) is 0 Å². The standard InChI is InChI=1S/C15H16Cl2N2/c1-10-5-6-11(7-14(10)17)15(9-18)19-13-4-2-3-12(16)8-13/h2-8,15,19H,9,18H2,1H3. The predicted molar refractivity (Wildman–Crippen MR) is 83.1 cm³/mol. The Hall–Kier alpha value is -1.22. The third-order valence-electron chi connectivity index (χ3n) is 3.00. The summed E-state index contributed by atoms with van der Waals surface area (Å²) < 4.78 is 0. The maximum absolute atomic E-state index is 6.15. The van der Waals surface area contributed by atoms with Gasteiger partial charge in [0, 0.05) is 22.3 Å². The van der Waals surface area contributed by atoms with Gasteiger partial charge in [0.15, 0.2) is 0 Å². The minimum atomic E-state index is 0.0107. The molecular formula is C15H16Cl2N2. The van der Waals surface area contributed by atoms with Gasteiger partial charge in [-0.15, -0.1) is 0 Å². The Morgan fingerprint density at radius 2 is 1.95 bits per heavy atom. The number of hydrogen-bond acceptors (Lipinski definition) is 2.